The minimum Gasteiger partial charge on any atom is -0.318 e. The fraction of sp³-hybridized carbons (Fsp3) is 1.00. The molecule has 1 aliphatic rings. The molecule has 5 heteroatoms. The second-order valence-corrected chi connectivity index (χ2v) is 6.68. The maximum Gasteiger partial charge on any atom is 0.282 e. The molecule has 1 heterocycles. The number of halogens is 1. The van der Waals surface area contributed by atoms with E-state index in [4.69, 9.17) is 32.1 Å². The zero-order chi connectivity index (χ0) is 6.91. The van der Waals surface area contributed by atoms with Crippen LogP contribution in [0.1, 0.15) is 13.3 Å². The van der Waals surface area contributed by atoms with Crippen LogP contribution >= 0.6 is 17.1 Å². The molecule has 0 N–H and O–H groups in total. The van der Waals surface area contributed by atoms with Crippen molar-refractivity contribution in [1.82, 2.24) is 0 Å². The normalized spacial score (nSPS) is 44.9. The van der Waals surface area contributed by atoms with E-state index in [2.05, 4.69) is 0 Å². The van der Waals surface area contributed by atoms with Crippen LogP contribution in [0.5, 0.6) is 0 Å². The monoisotopic (exact) mass is 186 g/mol. The average Bonchev–Trinajstić information content (AvgIpc) is 1.60. The first-order valence-electron chi connectivity index (χ1n) is 2.73. The molecular weight excluding hydrogens is 179 g/mol. The molecule has 1 fully saturated rings. The van der Waals surface area contributed by atoms with Gasteiger partial charge in [-0.05, 0) is 36.4 Å². The van der Waals surface area contributed by atoms with E-state index in [1.165, 1.54) is 0 Å². The molecule has 2 unspecified atom stereocenters. The molecule has 0 bridgehead atoms. The SMILES string of the molecule is CC1CCOP(=S)(Cl)O1. The lowest BCUT2D eigenvalue weighted by molar-refractivity contribution is 0.127. The summed E-state index contributed by atoms with van der Waals surface area (Å²) in [7, 11) is 0. The van der Waals surface area contributed by atoms with Crippen molar-refractivity contribution in [2.75, 3.05) is 6.61 Å². The van der Waals surface area contributed by atoms with E-state index in [1.54, 1.807) is 0 Å². The quantitative estimate of drug-likeness (QED) is 0.541. The molecule has 0 spiro atoms. The minimum atomic E-state index is -2.34. The van der Waals surface area contributed by atoms with Crippen LogP contribution in [0, 0.1) is 0 Å². The van der Waals surface area contributed by atoms with Crippen molar-refractivity contribution in [3.8, 4) is 0 Å². The van der Waals surface area contributed by atoms with Crippen LogP contribution in [0.4, 0.5) is 0 Å². The van der Waals surface area contributed by atoms with Gasteiger partial charge in [-0.25, -0.2) is 0 Å². The molecule has 0 aliphatic carbocycles. The van der Waals surface area contributed by atoms with Crippen molar-refractivity contribution in [1.29, 1.82) is 0 Å². The predicted octanol–water partition coefficient (Wildman–Crippen LogP) is 2.28. The number of hydrogen-bond donors (Lipinski definition) is 0. The first-order chi connectivity index (χ1) is 4.10. The number of rotatable bonds is 0. The Kier molecular flexibility index (Phi) is 2.52. The molecule has 0 aromatic heterocycles. The molecule has 0 aromatic carbocycles. The summed E-state index contributed by atoms with van der Waals surface area (Å²) in [5.74, 6) is -2.34. The molecule has 1 saturated heterocycles. The lowest BCUT2D eigenvalue weighted by Crippen LogP contribution is -2.14. The standard InChI is InChI=1S/C4H8ClO2PS/c1-4-2-3-6-8(5,9)7-4/h4H,2-3H2,1H3. The van der Waals surface area contributed by atoms with Gasteiger partial charge in [-0.2, -0.15) is 0 Å². The smallest absolute Gasteiger partial charge is 0.282 e. The van der Waals surface area contributed by atoms with Crippen LogP contribution in [0.25, 0.3) is 0 Å². The van der Waals surface area contributed by atoms with Crippen LogP contribution in [0.15, 0.2) is 0 Å². The van der Waals surface area contributed by atoms with Crippen LogP contribution in [-0.2, 0) is 20.9 Å². The first kappa shape index (κ1) is 7.96. The van der Waals surface area contributed by atoms with Gasteiger partial charge >= 0.3 is 0 Å². The fourth-order valence-electron chi connectivity index (χ4n) is 0.626. The van der Waals surface area contributed by atoms with Crippen LogP contribution < -0.4 is 0 Å². The van der Waals surface area contributed by atoms with E-state index in [9.17, 15) is 0 Å². The van der Waals surface area contributed by atoms with Crippen molar-refractivity contribution < 1.29 is 9.05 Å². The van der Waals surface area contributed by atoms with Gasteiger partial charge < -0.3 is 9.05 Å². The highest BCUT2D eigenvalue weighted by atomic mass is 35.7. The Balaban J connectivity index is 2.51. The molecule has 1 rings (SSSR count). The third kappa shape index (κ3) is 2.52. The molecular formula is C4H8ClO2PS. The van der Waals surface area contributed by atoms with Gasteiger partial charge in [0.15, 0.2) is 0 Å². The molecule has 2 atom stereocenters. The molecule has 9 heavy (non-hydrogen) atoms. The topological polar surface area (TPSA) is 18.5 Å². The fourth-order valence-corrected chi connectivity index (χ4v) is 2.82. The van der Waals surface area contributed by atoms with E-state index in [1.807, 2.05) is 6.92 Å². The molecule has 0 aromatic rings. The summed E-state index contributed by atoms with van der Waals surface area (Å²) in [5.41, 5.74) is 0. The summed E-state index contributed by atoms with van der Waals surface area (Å²) >= 11 is 10.5. The first-order valence-corrected chi connectivity index (χ1v) is 6.27. The van der Waals surface area contributed by atoms with Crippen LogP contribution in [0.3, 0.4) is 0 Å². The maximum absolute atomic E-state index is 5.65. The third-order valence-corrected chi connectivity index (χ3v) is 3.28. The zero-order valence-electron chi connectivity index (χ0n) is 5.04. The Morgan fingerprint density at radius 1 is 1.78 bits per heavy atom. The van der Waals surface area contributed by atoms with E-state index < -0.39 is 5.84 Å². The Hall–Kier alpha value is 0.860. The maximum atomic E-state index is 5.65. The summed E-state index contributed by atoms with van der Waals surface area (Å²) in [6.07, 6.45) is 1.06. The predicted molar refractivity (Wildman–Crippen MR) is 41.3 cm³/mol. The van der Waals surface area contributed by atoms with Crippen molar-refractivity contribution in [2.45, 2.75) is 19.4 Å². The second kappa shape index (κ2) is 2.85. The lowest BCUT2D eigenvalue weighted by Gasteiger charge is -2.25. The molecule has 0 amide bonds. The lowest BCUT2D eigenvalue weighted by atomic mass is 10.3. The van der Waals surface area contributed by atoms with Crippen molar-refractivity contribution in [3.05, 3.63) is 0 Å². The molecule has 0 radical (unpaired) electrons. The van der Waals surface area contributed by atoms with Gasteiger partial charge in [0.2, 0.25) is 0 Å². The Bertz CT molecular complexity index is 152. The van der Waals surface area contributed by atoms with Gasteiger partial charge in [-0.15, -0.1) is 0 Å². The van der Waals surface area contributed by atoms with E-state index in [0.29, 0.717) is 6.61 Å². The second-order valence-electron chi connectivity index (χ2n) is 1.97. The molecule has 0 saturated carbocycles. The van der Waals surface area contributed by atoms with E-state index in [-0.39, 0.29) is 6.10 Å². The highest BCUT2D eigenvalue weighted by Crippen LogP contribution is 2.57. The average molecular weight is 187 g/mol. The summed E-state index contributed by atoms with van der Waals surface area (Å²) in [5, 5.41) is 0. The van der Waals surface area contributed by atoms with Gasteiger partial charge in [-0.1, -0.05) is 0 Å². The molecule has 2 nitrogen and oxygen atoms in total. The van der Waals surface area contributed by atoms with Crippen molar-refractivity contribution >= 4 is 28.9 Å². The number of hydrogen-bond acceptors (Lipinski definition) is 3. The van der Waals surface area contributed by atoms with E-state index in [0.717, 1.165) is 6.42 Å². The summed E-state index contributed by atoms with van der Waals surface area (Å²) in [4.78, 5) is 0. The van der Waals surface area contributed by atoms with Gasteiger partial charge in [0, 0.05) is 0 Å². The highest BCUT2D eigenvalue weighted by molar-refractivity contribution is 8.22. The Morgan fingerprint density at radius 3 is 2.78 bits per heavy atom. The van der Waals surface area contributed by atoms with E-state index >= 15 is 0 Å². The summed E-state index contributed by atoms with van der Waals surface area (Å²) < 4.78 is 10.1. The van der Waals surface area contributed by atoms with Crippen molar-refractivity contribution in [2.24, 2.45) is 0 Å². The third-order valence-electron chi connectivity index (χ3n) is 1.08. The summed E-state index contributed by atoms with van der Waals surface area (Å²) in [6, 6.07) is 0. The zero-order valence-corrected chi connectivity index (χ0v) is 7.51. The van der Waals surface area contributed by atoms with Gasteiger partial charge in [0.25, 0.3) is 5.84 Å². The Morgan fingerprint density at radius 2 is 2.44 bits per heavy atom. The highest BCUT2D eigenvalue weighted by Gasteiger charge is 2.23. The van der Waals surface area contributed by atoms with Gasteiger partial charge in [0.05, 0.1) is 12.7 Å². The Labute approximate surface area is 64.4 Å². The van der Waals surface area contributed by atoms with Gasteiger partial charge in [-0.3, -0.25) is 0 Å². The minimum absolute atomic E-state index is 0.169. The van der Waals surface area contributed by atoms with Crippen molar-refractivity contribution in [3.63, 3.8) is 0 Å². The largest absolute Gasteiger partial charge is 0.318 e. The van der Waals surface area contributed by atoms with Crippen LogP contribution in [-0.4, -0.2) is 12.7 Å². The molecule has 1 aliphatic heterocycles. The summed E-state index contributed by atoms with van der Waals surface area (Å²) in [6.45, 7) is 2.59. The van der Waals surface area contributed by atoms with Gasteiger partial charge in [0.1, 0.15) is 0 Å². The van der Waals surface area contributed by atoms with Crippen LogP contribution in [0.2, 0.25) is 0 Å². The molecule has 54 valence electrons.